The molecule has 6 atom stereocenters. The number of carbonyl (C=O) groups excluding carboxylic acids is 1. The molecular formula is C41H48O5. The van der Waals surface area contributed by atoms with E-state index in [4.69, 9.17) is 14.2 Å². The predicted octanol–water partition coefficient (Wildman–Crippen LogP) is 8.08. The van der Waals surface area contributed by atoms with E-state index in [0.717, 1.165) is 62.9 Å². The zero-order chi connectivity index (χ0) is 32.1. The van der Waals surface area contributed by atoms with E-state index < -0.39 is 5.79 Å². The lowest BCUT2D eigenvalue weighted by Crippen LogP contribution is -2.52. The summed E-state index contributed by atoms with van der Waals surface area (Å²) in [5.41, 5.74) is 7.15. The highest BCUT2D eigenvalue weighted by Crippen LogP contribution is 2.65. The third-order valence-corrected chi connectivity index (χ3v) is 11.9. The Morgan fingerprint density at radius 3 is 2.54 bits per heavy atom. The molecule has 0 aromatic heterocycles. The first-order valence-electron chi connectivity index (χ1n) is 17.2. The van der Waals surface area contributed by atoms with Gasteiger partial charge in [-0.15, -0.1) is 0 Å². The van der Waals surface area contributed by atoms with Crippen molar-refractivity contribution in [2.75, 3.05) is 20.3 Å². The van der Waals surface area contributed by atoms with Gasteiger partial charge in [0.15, 0.2) is 5.79 Å². The number of aliphatic hydroxyl groups is 1. The number of rotatable bonds is 3. The Hall–Kier alpha value is -3.17. The van der Waals surface area contributed by atoms with Crippen LogP contribution in [0.1, 0.15) is 105 Å². The fraction of sp³-hybridized carbons (Fsp3) is 0.537. The topological polar surface area (TPSA) is 65.0 Å². The van der Waals surface area contributed by atoms with Crippen LogP contribution in [-0.4, -0.2) is 43.3 Å². The maximum atomic E-state index is 11.8. The van der Waals surface area contributed by atoms with Crippen LogP contribution < -0.4 is 0 Å². The molecular weight excluding hydrogens is 572 g/mol. The van der Waals surface area contributed by atoms with Gasteiger partial charge in [0.2, 0.25) is 0 Å². The van der Waals surface area contributed by atoms with Crippen LogP contribution in [0, 0.1) is 40.4 Å². The van der Waals surface area contributed by atoms with E-state index in [0.29, 0.717) is 29.2 Å². The molecule has 4 aliphatic carbocycles. The molecule has 1 spiro atoms. The summed E-state index contributed by atoms with van der Waals surface area (Å²) in [5, 5.41) is 11.3. The Labute approximate surface area is 274 Å². The van der Waals surface area contributed by atoms with Crippen LogP contribution in [0.2, 0.25) is 0 Å². The zero-order valence-corrected chi connectivity index (χ0v) is 27.8. The second-order valence-electron chi connectivity index (χ2n) is 15.5. The summed E-state index contributed by atoms with van der Waals surface area (Å²) in [5.74, 6) is 7.62. The second-order valence-corrected chi connectivity index (χ2v) is 15.5. The molecule has 5 aliphatic rings. The van der Waals surface area contributed by atoms with Crippen molar-refractivity contribution in [3.05, 3.63) is 88.0 Å². The largest absolute Gasteiger partial charge is 0.465 e. The highest BCUT2D eigenvalue weighted by molar-refractivity contribution is 5.90. The summed E-state index contributed by atoms with van der Waals surface area (Å²) in [7, 11) is 1.39. The quantitative estimate of drug-likeness (QED) is 0.214. The smallest absolute Gasteiger partial charge is 0.337 e. The number of esters is 1. The van der Waals surface area contributed by atoms with Gasteiger partial charge < -0.3 is 19.3 Å². The first kappa shape index (κ1) is 31.4. The van der Waals surface area contributed by atoms with E-state index >= 15 is 0 Å². The summed E-state index contributed by atoms with van der Waals surface area (Å²) < 4.78 is 17.8. The van der Waals surface area contributed by atoms with Crippen molar-refractivity contribution in [1.82, 2.24) is 0 Å². The molecule has 0 bridgehead atoms. The van der Waals surface area contributed by atoms with E-state index in [1.165, 1.54) is 25.5 Å². The summed E-state index contributed by atoms with van der Waals surface area (Å²) in [6.07, 6.45) is 11.9. The van der Waals surface area contributed by atoms with E-state index in [1.54, 1.807) is 23.3 Å². The zero-order valence-electron chi connectivity index (χ0n) is 27.8. The van der Waals surface area contributed by atoms with Crippen molar-refractivity contribution >= 4 is 12.0 Å². The number of hydrogen-bond donors (Lipinski definition) is 1. The first-order valence-corrected chi connectivity index (χ1v) is 17.2. The SMILES string of the molecule is COC(=O)c1cccc(/C=C/C#Cc2ccc(C3CC4(C)C(O)CCC4C4CCC5CC6(CCC5=C34)OCC(C)(C)CO6)cc2)c1. The van der Waals surface area contributed by atoms with Crippen LogP contribution >= 0.6 is 0 Å². The molecule has 6 unspecified atom stereocenters. The Balaban J connectivity index is 1.14. The molecule has 1 aliphatic heterocycles. The highest BCUT2D eigenvalue weighted by atomic mass is 16.7. The molecule has 1 heterocycles. The Morgan fingerprint density at radius 1 is 1.00 bits per heavy atom. The number of carbonyl (C=O) groups is 1. The third kappa shape index (κ3) is 5.78. The minimum Gasteiger partial charge on any atom is -0.465 e. The van der Waals surface area contributed by atoms with Gasteiger partial charge in [-0.05, 0) is 109 Å². The van der Waals surface area contributed by atoms with E-state index in [2.05, 4.69) is 56.9 Å². The summed E-state index contributed by atoms with van der Waals surface area (Å²) in [4.78, 5) is 11.8. The van der Waals surface area contributed by atoms with Gasteiger partial charge >= 0.3 is 5.97 Å². The number of ether oxygens (including phenoxy) is 3. The minimum atomic E-state index is -0.418. The van der Waals surface area contributed by atoms with Crippen molar-refractivity contribution in [2.24, 2.45) is 28.6 Å². The van der Waals surface area contributed by atoms with Gasteiger partial charge in [0.25, 0.3) is 0 Å². The molecule has 0 amide bonds. The maximum Gasteiger partial charge on any atom is 0.337 e. The highest BCUT2D eigenvalue weighted by Gasteiger charge is 2.57. The van der Waals surface area contributed by atoms with Gasteiger partial charge in [-0.25, -0.2) is 4.79 Å². The Bertz CT molecular complexity index is 1590. The lowest BCUT2D eigenvalue weighted by molar-refractivity contribution is -0.312. The normalized spacial score (nSPS) is 32.7. The molecule has 3 saturated carbocycles. The summed E-state index contributed by atoms with van der Waals surface area (Å²) in [6, 6.07) is 16.2. The third-order valence-electron chi connectivity index (χ3n) is 11.9. The molecule has 242 valence electrons. The fourth-order valence-corrected chi connectivity index (χ4v) is 9.45. The number of methoxy groups -OCH3 is 1. The number of benzene rings is 2. The minimum absolute atomic E-state index is 0.0439. The molecule has 5 nitrogen and oxygen atoms in total. The van der Waals surface area contributed by atoms with Gasteiger partial charge in [0.05, 0.1) is 32.0 Å². The molecule has 2 aromatic carbocycles. The standard InChI is InChI=1S/C41H48O5/c1-39(2)25-45-41(46-26-39)21-20-32-31(23-41)16-17-33-35-18-19-36(42)40(35,3)24-34(37(32)33)29-14-12-27(13-15-29)8-5-6-9-28-10-7-11-30(22-28)38(43)44-4/h6-7,9-15,22,31,33-36,42H,16-21,23-26H2,1-4H3/b9-6+. The van der Waals surface area contributed by atoms with Crippen LogP contribution in [0.25, 0.3) is 6.08 Å². The molecule has 5 heteroatoms. The summed E-state index contributed by atoms with van der Waals surface area (Å²) >= 11 is 0. The molecule has 0 radical (unpaired) electrons. The number of hydrogen-bond acceptors (Lipinski definition) is 5. The van der Waals surface area contributed by atoms with E-state index in [9.17, 15) is 9.90 Å². The molecule has 1 N–H and O–H groups in total. The van der Waals surface area contributed by atoms with Crippen molar-refractivity contribution in [2.45, 2.75) is 89.9 Å². The number of aliphatic hydroxyl groups excluding tert-OH is 1. The van der Waals surface area contributed by atoms with E-state index in [-0.39, 0.29) is 22.9 Å². The van der Waals surface area contributed by atoms with Crippen molar-refractivity contribution in [3.8, 4) is 11.8 Å². The van der Waals surface area contributed by atoms with Crippen molar-refractivity contribution in [1.29, 1.82) is 0 Å². The molecule has 7 rings (SSSR count). The maximum absolute atomic E-state index is 11.8. The Morgan fingerprint density at radius 2 is 1.78 bits per heavy atom. The Kier molecular flexibility index (Phi) is 8.29. The van der Waals surface area contributed by atoms with Crippen molar-refractivity contribution in [3.63, 3.8) is 0 Å². The average molecular weight is 621 g/mol. The van der Waals surface area contributed by atoms with Crippen LogP contribution in [0.4, 0.5) is 0 Å². The lowest BCUT2D eigenvalue weighted by Gasteiger charge is -2.55. The molecule has 4 fully saturated rings. The van der Waals surface area contributed by atoms with Gasteiger partial charge in [0, 0.05) is 29.7 Å². The van der Waals surface area contributed by atoms with Crippen molar-refractivity contribution < 1.29 is 24.1 Å². The molecule has 46 heavy (non-hydrogen) atoms. The predicted molar refractivity (Wildman–Crippen MR) is 180 cm³/mol. The average Bonchev–Trinajstić information content (AvgIpc) is 3.37. The fourth-order valence-electron chi connectivity index (χ4n) is 9.45. The van der Waals surface area contributed by atoms with Gasteiger partial charge in [-0.3, -0.25) is 0 Å². The van der Waals surface area contributed by atoms with Crippen LogP contribution in [0.5, 0.6) is 0 Å². The van der Waals surface area contributed by atoms with E-state index in [1.807, 2.05) is 24.3 Å². The van der Waals surface area contributed by atoms with Crippen LogP contribution in [-0.2, 0) is 14.2 Å². The van der Waals surface area contributed by atoms with Crippen LogP contribution in [0.15, 0.2) is 65.8 Å². The van der Waals surface area contributed by atoms with Gasteiger partial charge in [-0.1, -0.05) is 68.0 Å². The number of fused-ring (bicyclic) bond motifs is 4. The molecule has 2 aromatic rings. The first-order chi connectivity index (χ1) is 22.1. The van der Waals surface area contributed by atoms with Crippen LogP contribution in [0.3, 0.4) is 0 Å². The van der Waals surface area contributed by atoms with Gasteiger partial charge in [0.1, 0.15) is 0 Å². The monoisotopic (exact) mass is 620 g/mol. The molecule has 1 saturated heterocycles. The lowest BCUT2D eigenvalue weighted by atomic mass is 9.52. The summed E-state index contributed by atoms with van der Waals surface area (Å²) in [6.45, 7) is 8.35. The second kappa shape index (κ2) is 12.1. The van der Waals surface area contributed by atoms with Gasteiger partial charge in [-0.2, -0.15) is 0 Å². The number of allylic oxidation sites excluding steroid dienone is 3.